The van der Waals surface area contributed by atoms with E-state index in [1.165, 1.54) is 0 Å². The molecule has 0 radical (unpaired) electrons. The van der Waals surface area contributed by atoms with Crippen LogP contribution in [0.25, 0.3) is 0 Å². The third-order valence-corrected chi connectivity index (χ3v) is 5.87. The van der Waals surface area contributed by atoms with Crippen LogP contribution in [0.4, 0.5) is 5.69 Å². The molecule has 112 valence electrons. The molecular formula is C14H23N3O2S. The number of piperazine rings is 1. The summed E-state index contributed by atoms with van der Waals surface area (Å²) in [5, 5.41) is 0. The first kappa shape index (κ1) is 15.3. The summed E-state index contributed by atoms with van der Waals surface area (Å²) in [4.78, 5) is 2.63. The Morgan fingerprint density at radius 1 is 1.35 bits per heavy atom. The second kappa shape index (κ2) is 5.71. The molecule has 1 aliphatic heterocycles. The van der Waals surface area contributed by atoms with Crippen LogP contribution < -0.4 is 5.73 Å². The van der Waals surface area contributed by atoms with Gasteiger partial charge in [-0.2, -0.15) is 4.31 Å². The standard InChI is InChI=1S/C14H23N3O2S/c1-4-16-7-8-17(10-12(16)3)20(18,19)13-5-6-14(15)11(2)9-13/h5-6,9,12H,4,7-8,10,15H2,1-3H3. The zero-order chi connectivity index (χ0) is 14.9. The van der Waals surface area contributed by atoms with Crippen LogP contribution in [0.15, 0.2) is 23.1 Å². The average Bonchev–Trinajstić information content (AvgIpc) is 2.41. The van der Waals surface area contributed by atoms with Gasteiger partial charge in [-0.1, -0.05) is 6.92 Å². The number of aryl methyl sites for hydroxylation is 1. The number of anilines is 1. The van der Waals surface area contributed by atoms with E-state index in [2.05, 4.69) is 18.7 Å². The summed E-state index contributed by atoms with van der Waals surface area (Å²) in [7, 11) is -3.41. The normalized spacial score (nSPS) is 22.1. The molecule has 0 saturated carbocycles. The number of nitrogen functional groups attached to an aromatic ring is 1. The molecular weight excluding hydrogens is 274 g/mol. The molecule has 1 aromatic carbocycles. The van der Waals surface area contributed by atoms with E-state index in [0.717, 1.165) is 18.7 Å². The molecule has 1 unspecified atom stereocenters. The number of sulfonamides is 1. The molecule has 0 aliphatic carbocycles. The summed E-state index contributed by atoms with van der Waals surface area (Å²) in [6.07, 6.45) is 0. The number of benzene rings is 1. The van der Waals surface area contributed by atoms with Crippen molar-refractivity contribution < 1.29 is 8.42 Å². The van der Waals surface area contributed by atoms with Crippen LogP contribution in [-0.2, 0) is 10.0 Å². The molecule has 1 fully saturated rings. The average molecular weight is 297 g/mol. The summed E-state index contributed by atoms with van der Waals surface area (Å²) >= 11 is 0. The predicted molar refractivity (Wildman–Crippen MR) is 81.1 cm³/mol. The van der Waals surface area contributed by atoms with E-state index in [4.69, 9.17) is 5.73 Å². The zero-order valence-electron chi connectivity index (χ0n) is 12.3. The number of hydrogen-bond donors (Lipinski definition) is 1. The molecule has 1 saturated heterocycles. The molecule has 0 bridgehead atoms. The van der Waals surface area contributed by atoms with Crippen molar-refractivity contribution in [3.05, 3.63) is 23.8 Å². The van der Waals surface area contributed by atoms with E-state index in [0.29, 0.717) is 23.7 Å². The second-order valence-electron chi connectivity index (χ2n) is 5.36. The minimum Gasteiger partial charge on any atom is -0.399 e. The SMILES string of the molecule is CCN1CCN(S(=O)(=O)c2ccc(N)c(C)c2)CC1C. The summed E-state index contributed by atoms with van der Waals surface area (Å²) in [6, 6.07) is 5.16. The van der Waals surface area contributed by atoms with E-state index < -0.39 is 10.0 Å². The van der Waals surface area contributed by atoms with Crippen molar-refractivity contribution in [3.63, 3.8) is 0 Å². The highest BCUT2D eigenvalue weighted by molar-refractivity contribution is 7.89. The van der Waals surface area contributed by atoms with Crippen molar-refractivity contribution >= 4 is 15.7 Å². The van der Waals surface area contributed by atoms with Crippen molar-refractivity contribution in [1.82, 2.24) is 9.21 Å². The largest absolute Gasteiger partial charge is 0.399 e. The van der Waals surface area contributed by atoms with E-state index in [1.54, 1.807) is 22.5 Å². The van der Waals surface area contributed by atoms with Crippen LogP contribution in [0.1, 0.15) is 19.4 Å². The highest BCUT2D eigenvalue weighted by Gasteiger charge is 2.31. The first-order chi connectivity index (χ1) is 9.36. The molecule has 0 aromatic heterocycles. The third-order valence-electron chi connectivity index (χ3n) is 4.01. The summed E-state index contributed by atoms with van der Waals surface area (Å²) < 4.78 is 26.9. The molecule has 0 spiro atoms. The van der Waals surface area contributed by atoms with Gasteiger partial charge in [-0.3, -0.25) is 4.90 Å². The maximum Gasteiger partial charge on any atom is 0.243 e. The van der Waals surface area contributed by atoms with Crippen LogP contribution in [0, 0.1) is 6.92 Å². The van der Waals surface area contributed by atoms with Crippen LogP contribution >= 0.6 is 0 Å². The second-order valence-corrected chi connectivity index (χ2v) is 7.30. The lowest BCUT2D eigenvalue weighted by Gasteiger charge is -2.38. The smallest absolute Gasteiger partial charge is 0.243 e. The number of nitrogens with two attached hydrogens (primary N) is 1. The minimum absolute atomic E-state index is 0.249. The van der Waals surface area contributed by atoms with Crippen molar-refractivity contribution in [2.45, 2.75) is 31.7 Å². The van der Waals surface area contributed by atoms with Gasteiger partial charge < -0.3 is 5.73 Å². The Bertz CT molecular complexity index is 586. The highest BCUT2D eigenvalue weighted by Crippen LogP contribution is 2.22. The Kier molecular flexibility index (Phi) is 4.36. The summed E-state index contributed by atoms with van der Waals surface area (Å²) in [5.41, 5.74) is 7.17. The Labute approximate surface area is 121 Å². The molecule has 1 aromatic rings. The van der Waals surface area contributed by atoms with Gasteiger partial charge in [-0.25, -0.2) is 8.42 Å². The maximum atomic E-state index is 12.7. The molecule has 0 amide bonds. The van der Waals surface area contributed by atoms with Gasteiger partial charge in [-0.05, 0) is 44.2 Å². The number of rotatable bonds is 3. The zero-order valence-corrected chi connectivity index (χ0v) is 13.2. The van der Waals surface area contributed by atoms with Crippen LogP contribution in [0.2, 0.25) is 0 Å². The Balaban J connectivity index is 2.25. The fourth-order valence-electron chi connectivity index (χ4n) is 2.61. The Morgan fingerprint density at radius 2 is 2.05 bits per heavy atom. The summed E-state index contributed by atoms with van der Waals surface area (Å²) in [6.45, 7) is 8.82. The molecule has 1 aliphatic rings. The van der Waals surface area contributed by atoms with Gasteiger partial charge in [0.2, 0.25) is 10.0 Å². The lowest BCUT2D eigenvalue weighted by Crippen LogP contribution is -2.53. The first-order valence-electron chi connectivity index (χ1n) is 6.96. The monoisotopic (exact) mass is 297 g/mol. The first-order valence-corrected chi connectivity index (χ1v) is 8.40. The van der Waals surface area contributed by atoms with Crippen molar-refractivity contribution in [2.75, 3.05) is 31.9 Å². The van der Waals surface area contributed by atoms with Gasteiger partial charge >= 0.3 is 0 Å². The van der Waals surface area contributed by atoms with Crippen LogP contribution in [-0.4, -0.2) is 49.8 Å². The minimum atomic E-state index is -3.41. The molecule has 6 heteroatoms. The predicted octanol–water partition coefficient (Wildman–Crippen LogP) is 1.29. The van der Waals surface area contributed by atoms with E-state index >= 15 is 0 Å². The molecule has 1 heterocycles. The number of nitrogens with zero attached hydrogens (tertiary/aromatic N) is 2. The van der Waals surface area contributed by atoms with E-state index in [-0.39, 0.29) is 6.04 Å². The molecule has 20 heavy (non-hydrogen) atoms. The van der Waals surface area contributed by atoms with Crippen molar-refractivity contribution in [1.29, 1.82) is 0 Å². The topological polar surface area (TPSA) is 66.6 Å². The van der Waals surface area contributed by atoms with Gasteiger partial charge in [0, 0.05) is 31.4 Å². The maximum absolute atomic E-state index is 12.7. The molecule has 2 rings (SSSR count). The van der Waals surface area contributed by atoms with Crippen molar-refractivity contribution in [2.24, 2.45) is 0 Å². The van der Waals surface area contributed by atoms with E-state index in [1.807, 2.05) is 6.92 Å². The van der Waals surface area contributed by atoms with Gasteiger partial charge in [-0.15, -0.1) is 0 Å². The molecule has 1 atom stereocenters. The number of hydrogen-bond acceptors (Lipinski definition) is 4. The lowest BCUT2D eigenvalue weighted by atomic mass is 10.2. The Morgan fingerprint density at radius 3 is 2.60 bits per heavy atom. The van der Waals surface area contributed by atoms with E-state index in [9.17, 15) is 8.42 Å². The van der Waals surface area contributed by atoms with Crippen molar-refractivity contribution in [3.8, 4) is 0 Å². The third kappa shape index (κ3) is 2.82. The molecule has 5 nitrogen and oxygen atoms in total. The summed E-state index contributed by atoms with van der Waals surface area (Å²) in [5.74, 6) is 0. The molecule has 2 N–H and O–H groups in total. The highest BCUT2D eigenvalue weighted by atomic mass is 32.2. The van der Waals surface area contributed by atoms with Gasteiger partial charge in [0.1, 0.15) is 0 Å². The number of likely N-dealkylation sites (N-methyl/N-ethyl adjacent to an activating group) is 1. The van der Waals surface area contributed by atoms with Crippen LogP contribution in [0.5, 0.6) is 0 Å². The Hall–Kier alpha value is -1.11. The fourth-order valence-corrected chi connectivity index (χ4v) is 4.21. The van der Waals surface area contributed by atoms with Crippen LogP contribution in [0.3, 0.4) is 0 Å². The van der Waals surface area contributed by atoms with Gasteiger partial charge in [0.25, 0.3) is 0 Å². The quantitative estimate of drug-likeness (QED) is 0.854. The van der Waals surface area contributed by atoms with Gasteiger partial charge in [0.05, 0.1) is 4.90 Å². The van der Waals surface area contributed by atoms with Gasteiger partial charge in [0.15, 0.2) is 0 Å². The fraction of sp³-hybridized carbons (Fsp3) is 0.571. The lowest BCUT2D eigenvalue weighted by molar-refractivity contribution is 0.135.